The molecular weight excluding hydrogens is 662 g/mol. The standard InChI is InChI=1S/C37H49F3N8OS/c1-22-15-24(8-4-7-23(2)42)16-28(35(22)40)30-17-25-21-48(37(49)46-36(25)45-30)27-18-29(39)34(32(19-27)50-3)31-10-5-9-26(47(31)14-6-12-38)11-13-44-33(43)20-41/h15-19,21,23,26,31H,4-14,20,41-42H2,1-3H3,(H2,43,44)(H,45,46,49)/t23-,26-,31-/m0/s1. The molecule has 13 heteroatoms. The van der Waals surface area contributed by atoms with Crippen molar-refractivity contribution in [3.63, 3.8) is 0 Å². The lowest BCUT2D eigenvalue weighted by Gasteiger charge is -2.43. The lowest BCUT2D eigenvalue weighted by Crippen LogP contribution is -2.43. The third-order valence-corrected chi connectivity index (χ3v) is 10.3. The van der Waals surface area contributed by atoms with E-state index >= 15 is 8.78 Å². The van der Waals surface area contributed by atoms with Gasteiger partial charge in [0.05, 0.1) is 24.6 Å². The van der Waals surface area contributed by atoms with Gasteiger partial charge in [0.25, 0.3) is 0 Å². The van der Waals surface area contributed by atoms with Crippen LogP contribution in [0.1, 0.15) is 74.6 Å². The van der Waals surface area contributed by atoms with Crippen molar-refractivity contribution >= 4 is 28.6 Å². The van der Waals surface area contributed by atoms with Crippen molar-refractivity contribution in [1.82, 2.24) is 19.4 Å². The minimum atomic E-state index is -0.592. The molecule has 270 valence electrons. The molecule has 2 aromatic heterocycles. The Kier molecular flexibility index (Phi) is 12.8. The Morgan fingerprint density at radius 3 is 2.70 bits per heavy atom. The number of benzene rings is 2. The molecule has 1 saturated heterocycles. The number of fused-ring (bicyclic) bond motifs is 1. The van der Waals surface area contributed by atoms with E-state index in [2.05, 4.69) is 19.9 Å². The van der Waals surface area contributed by atoms with Crippen LogP contribution in [-0.4, -0.2) is 69.9 Å². The zero-order valence-corrected chi connectivity index (χ0v) is 30.0. The second-order valence-corrected chi connectivity index (χ2v) is 14.2. The number of halogens is 3. The molecule has 3 atom stereocenters. The Labute approximate surface area is 295 Å². The number of aryl methyl sites for hydroxylation is 2. The van der Waals surface area contributed by atoms with Crippen molar-refractivity contribution in [2.24, 2.45) is 22.2 Å². The van der Waals surface area contributed by atoms with Crippen molar-refractivity contribution in [2.45, 2.75) is 88.2 Å². The number of nitrogens with zero attached hydrogens (tertiary/aromatic N) is 4. The molecule has 1 aliphatic heterocycles. The number of H-pyrrole nitrogens is 1. The summed E-state index contributed by atoms with van der Waals surface area (Å²) in [5.74, 6) is -0.394. The average molecular weight is 711 g/mol. The number of likely N-dealkylation sites (tertiary alicyclic amines) is 1. The maximum atomic E-state index is 16.4. The lowest BCUT2D eigenvalue weighted by molar-refractivity contribution is 0.0713. The second kappa shape index (κ2) is 17.0. The molecule has 2 aromatic carbocycles. The van der Waals surface area contributed by atoms with Crippen LogP contribution in [0, 0.1) is 18.6 Å². The molecule has 0 bridgehead atoms. The summed E-state index contributed by atoms with van der Waals surface area (Å²) in [6.45, 7) is 4.42. The Bertz CT molecular complexity index is 1870. The molecule has 0 radical (unpaired) electrons. The van der Waals surface area contributed by atoms with E-state index in [9.17, 15) is 9.18 Å². The van der Waals surface area contributed by atoms with Gasteiger partial charge in [0.15, 0.2) is 0 Å². The number of hydrogen-bond donors (Lipinski definition) is 4. The molecule has 4 aromatic rings. The van der Waals surface area contributed by atoms with Gasteiger partial charge in [-0.15, -0.1) is 11.8 Å². The van der Waals surface area contributed by atoms with E-state index in [1.165, 1.54) is 22.4 Å². The molecule has 0 saturated carbocycles. The smallest absolute Gasteiger partial charge is 0.354 e. The number of aliphatic imine (C=N–C) groups is 1. The molecule has 0 aliphatic carbocycles. The summed E-state index contributed by atoms with van der Waals surface area (Å²) in [5.41, 5.74) is 20.4. The first kappa shape index (κ1) is 37.6. The van der Waals surface area contributed by atoms with Crippen LogP contribution in [0.2, 0.25) is 0 Å². The second-order valence-electron chi connectivity index (χ2n) is 13.3. The van der Waals surface area contributed by atoms with Crippen molar-refractivity contribution in [3.05, 3.63) is 75.3 Å². The third kappa shape index (κ3) is 8.62. The van der Waals surface area contributed by atoms with Gasteiger partial charge in [-0.3, -0.25) is 18.8 Å². The monoisotopic (exact) mass is 710 g/mol. The van der Waals surface area contributed by atoms with Crippen LogP contribution >= 0.6 is 11.8 Å². The van der Waals surface area contributed by atoms with E-state index in [0.29, 0.717) is 75.8 Å². The van der Waals surface area contributed by atoms with E-state index in [0.717, 1.165) is 44.1 Å². The van der Waals surface area contributed by atoms with Gasteiger partial charge in [-0.1, -0.05) is 6.07 Å². The van der Waals surface area contributed by atoms with Gasteiger partial charge < -0.3 is 22.2 Å². The van der Waals surface area contributed by atoms with Crippen molar-refractivity contribution in [2.75, 3.05) is 32.6 Å². The van der Waals surface area contributed by atoms with Crippen molar-refractivity contribution in [3.8, 4) is 16.9 Å². The van der Waals surface area contributed by atoms with Gasteiger partial charge in [0, 0.05) is 58.8 Å². The number of nitrogens with two attached hydrogens (primary N) is 3. The Morgan fingerprint density at radius 2 is 1.98 bits per heavy atom. The zero-order chi connectivity index (χ0) is 35.9. The Balaban J connectivity index is 1.48. The van der Waals surface area contributed by atoms with Gasteiger partial charge in [-0.05, 0) is 107 Å². The number of piperidine rings is 1. The van der Waals surface area contributed by atoms with Crippen LogP contribution in [0.15, 0.2) is 51.2 Å². The summed E-state index contributed by atoms with van der Waals surface area (Å²) in [6.07, 6.45) is 9.58. The summed E-state index contributed by atoms with van der Waals surface area (Å²) < 4.78 is 46.5. The van der Waals surface area contributed by atoms with Crippen LogP contribution in [0.3, 0.4) is 0 Å². The Hall–Kier alpha value is -3.65. The largest absolute Gasteiger partial charge is 0.386 e. The highest BCUT2D eigenvalue weighted by Gasteiger charge is 2.34. The first-order valence-electron chi connectivity index (χ1n) is 17.4. The molecule has 9 nitrogen and oxygen atoms in total. The number of aromatic nitrogens is 3. The zero-order valence-electron chi connectivity index (χ0n) is 29.2. The minimum Gasteiger partial charge on any atom is -0.386 e. The summed E-state index contributed by atoms with van der Waals surface area (Å²) in [5, 5.41) is 0.583. The fourth-order valence-electron chi connectivity index (χ4n) is 7.10. The highest BCUT2D eigenvalue weighted by Crippen LogP contribution is 2.41. The number of rotatable bonds is 15. The van der Waals surface area contributed by atoms with Crippen LogP contribution in [0.4, 0.5) is 13.2 Å². The molecular formula is C37H49F3N8OS. The SMILES string of the molecule is CSc1cc(-n2cc3cc(-c4cc(CCC[C@H](C)N)cc(C)c4F)[nH]c3nc2=O)cc(F)c1[C@@H]1CCC[C@@H](CCN=C(N)CN)N1CCCF. The topological polar surface area (TPSA) is 144 Å². The van der Waals surface area contributed by atoms with Crippen LogP contribution < -0.4 is 22.9 Å². The summed E-state index contributed by atoms with van der Waals surface area (Å²) in [6, 6.07) is 8.55. The van der Waals surface area contributed by atoms with Gasteiger partial charge in [0.1, 0.15) is 23.1 Å². The van der Waals surface area contributed by atoms with E-state index in [-0.39, 0.29) is 30.5 Å². The van der Waals surface area contributed by atoms with Gasteiger partial charge in [-0.25, -0.2) is 13.6 Å². The van der Waals surface area contributed by atoms with Gasteiger partial charge in [0.2, 0.25) is 0 Å². The number of thioether (sulfide) groups is 1. The van der Waals surface area contributed by atoms with Crippen molar-refractivity contribution in [1.29, 1.82) is 0 Å². The van der Waals surface area contributed by atoms with E-state index in [4.69, 9.17) is 17.2 Å². The fourth-order valence-corrected chi connectivity index (χ4v) is 7.80. The molecule has 5 rings (SSSR count). The molecule has 3 heterocycles. The molecule has 50 heavy (non-hydrogen) atoms. The van der Waals surface area contributed by atoms with Crippen LogP contribution in [0.5, 0.6) is 0 Å². The number of aromatic amines is 1. The summed E-state index contributed by atoms with van der Waals surface area (Å²) >= 11 is 1.40. The lowest BCUT2D eigenvalue weighted by atomic mass is 9.88. The molecule has 0 spiro atoms. The quantitative estimate of drug-likeness (QED) is 0.0642. The van der Waals surface area contributed by atoms with E-state index in [1.807, 2.05) is 31.4 Å². The molecule has 0 unspecified atom stereocenters. The van der Waals surface area contributed by atoms with Gasteiger partial charge in [-0.2, -0.15) is 4.98 Å². The number of nitrogens with one attached hydrogen (secondary N) is 1. The molecule has 1 fully saturated rings. The molecule has 1 aliphatic rings. The highest BCUT2D eigenvalue weighted by atomic mass is 32.2. The van der Waals surface area contributed by atoms with Gasteiger partial charge >= 0.3 is 5.69 Å². The maximum absolute atomic E-state index is 16.4. The number of alkyl halides is 1. The molecule has 0 amide bonds. The highest BCUT2D eigenvalue weighted by molar-refractivity contribution is 7.98. The maximum Gasteiger partial charge on any atom is 0.354 e. The third-order valence-electron chi connectivity index (χ3n) is 9.57. The van der Waals surface area contributed by atoms with E-state index < -0.39 is 18.2 Å². The first-order valence-corrected chi connectivity index (χ1v) is 18.6. The first-order chi connectivity index (χ1) is 24.0. The number of amidine groups is 1. The predicted octanol–water partition coefficient (Wildman–Crippen LogP) is 6.32. The normalized spacial score (nSPS) is 17.9. The predicted molar refractivity (Wildman–Crippen MR) is 198 cm³/mol. The van der Waals surface area contributed by atoms with Crippen LogP contribution in [0.25, 0.3) is 28.0 Å². The number of hydrogen-bond acceptors (Lipinski definition) is 7. The van der Waals surface area contributed by atoms with E-state index in [1.54, 1.807) is 19.2 Å². The fraction of sp³-hybridized carbons (Fsp3) is 0.486. The van der Waals surface area contributed by atoms with Crippen LogP contribution in [-0.2, 0) is 6.42 Å². The Morgan fingerprint density at radius 1 is 1.18 bits per heavy atom. The molecule has 7 N–H and O–H groups in total. The van der Waals surface area contributed by atoms with Crippen molar-refractivity contribution < 1.29 is 13.2 Å². The average Bonchev–Trinajstić information content (AvgIpc) is 3.50. The summed E-state index contributed by atoms with van der Waals surface area (Å²) in [7, 11) is 0. The summed E-state index contributed by atoms with van der Waals surface area (Å²) in [4.78, 5) is 28.0. The minimum absolute atomic E-state index is 0.0874.